The van der Waals surface area contributed by atoms with Gasteiger partial charge in [0, 0.05) is 0 Å². The van der Waals surface area contributed by atoms with Crippen LogP contribution >= 0.6 is 0 Å². The third-order valence-corrected chi connectivity index (χ3v) is 3.37. The molecular formula is C19H21FN2O2. The Balaban J connectivity index is 1.83. The van der Waals surface area contributed by atoms with Crippen molar-refractivity contribution in [3.8, 4) is 5.75 Å². The molecule has 0 heterocycles. The molecule has 0 saturated heterocycles. The molecule has 0 atom stereocenters. The molecule has 1 N–H and O–H groups in total. The van der Waals surface area contributed by atoms with Gasteiger partial charge in [-0.15, -0.1) is 0 Å². The Morgan fingerprint density at radius 3 is 2.46 bits per heavy atom. The molecule has 2 rings (SSSR count). The third-order valence-electron chi connectivity index (χ3n) is 3.37. The standard InChI is InChI=1S/C19H21FN2O2/c1-19(2,3)15-10-8-14(9-11-15)12-21-22-18(23)13-24-17-7-5-4-6-16(17)20/h4-12H,13H2,1-3H3,(H,22,23)/b21-12-. The van der Waals surface area contributed by atoms with Crippen molar-refractivity contribution in [3.63, 3.8) is 0 Å². The van der Waals surface area contributed by atoms with Gasteiger partial charge in [-0.2, -0.15) is 5.10 Å². The van der Waals surface area contributed by atoms with Crippen molar-refractivity contribution in [1.29, 1.82) is 0 Å². The zero-order valence-corrected chi connectivity index (χ0v) is 14.0. The first-order valence-electron chi connectivity index (χ1n) is 7.66. The van der Waals surface area contributed by atoms with Crippen LogP contribution in [0, 0.1) is 5.82 Å². The smallest absolute Gasteiger partial charge is 0.277 e. The molecule has 0 unspecified atom stereocenters. The van der Waals surface area contributed by atoms with Gasteiger partial charge < -0.3 is 4.74 Å². The van der Waals surface area contributed by atoms with E-state index in [2.05, 4.69) is 31.3 Å². The minimum atomic E-state index is -0.507. The van der Waals surface area contributed by atoms with Crippen molar-refractivity contribution in [2.75, 3.05) is 6.61 Å². The molecule has 0 aliphatic heterocycles. The van der Waals surface area contributed by atoms with E-state index in [0.29, 0.717) is 0 Å². The van der Waals surface area contributed by atoms with Crippen LogP contribution in [0.3, 0.4) is 0 Å². The number of nitrogens with one attached hydrogen (secondary N) is 1. The lowest BCUT2D eigenvalue weighted by atomic mass is 9.87. The van der Waals surface area contributed by atoms with E-state index in [-0.39, 0.29) is 17.8 Å². The minimum Gasteiger partial charge on any atom is -0.481 e. The number of halogens is 1. The summed E-state index contributed by atoms with van der Waals surface area (Å²) in [6.07, 6.45) is 1.55. The number of amides is 1. The first-order chi connectivity index (χ1) is 11.4. The molecule has 0 fully saturated rings. The van der Waals surface area contributed by atoms with Crippen LogP contribution in [0.2, 0.25) is 0 Å². The van der Waals surface area contributed by atoms with E-state index in [0.717, 1.165) is 5.56 Å². The van der Waals surface area contributed by atoms with Gasteiger partial charge in [-0.05, 0) is 28.7 Å². The van der Waals surface area contributed by atoms with Crippen LogP contribution in [0.5, 0.6) is 5.75 Å². The number of rotatable bonds is 5. The third kappa shape index (κ3) is 5.19. The van der Waals surface area contributed by atoms with E-state index >= 15 is 0 Å². The SMILES string of the molecule is CC(C)(C)c1ccc(/C=N\NC(=O)COc2ccccc2F)cc1. The zero-order chi connectivity index (χ0) is 17.6. The molecule has 5 heteroatoms. The molecular weight excluding hydrogens is 307 g/mol. The number of para-hydroxylation sites is 1. The molecule has 0 aliphatic rings. The van der Waals surface area contributed by atoms with Gasteiger partial charge in [0.25, 0.3) is 5.91 Å². The summed E-state index contributed by atoms with van der Waals surface area (Å²) >= 11 is 0. The Bertz CT molecular complexity index is 719. The fourth-order valence-corrected chi connectivity index (χ4v) is 1.99. The summed E-state index contributed by atoms with van der Waals surface area (Å²) in [6, 6.07) is 13.9. The average Bonchev–Trinajstić information content (AvgIpc) is 2.54. The maximum Gasteiger partial charge on any atom is 0.277 e. The molecule has 0 bridgehead atoms. The van der Waals surface area contributed by atoms with Gasteiger partial charge in [-0.3, -0.25) is 4.79 Å². The molecule has 4 nitrogen and oxygen atoms in total. The number of benzene rings is 2. The Hall–Kier alpha value is -2.69. The zero-order valence-electron chi connectivity index (χ0n) is 14.0. The van der Waals surface area contributed by atoms with Crippen LogP contribution in [0.25, 0.3) is 0 Å². The molecule has 0 aromatic heterocycles. The number of hydrogen-bond acceptors (Lipinski definition) is 3. The lowest BCUT2D eigenvalue weighted by Gasteiger charge is -2.18. The number of hydrogen-bond donors (Lipinski definition) is 1. The highest BCUT2D eigenvalue weighted by Gasteiger charge is 2.12. The van der Waals surface area contributed by atoms with E-state index < -0.39 is 11.7 Å². The highest BCUT2D eigenvalue weighted by molar-refractivity contribution is 5.82. The van der Waals surface area contributed by atoms with Crippen molar-refractivity contribution < 1.29 is 13.9 Å². The molecule has 1 amide bonds. The molecule has 24 heavy (non-hydrogen) atoms. The van der Waals surface area contributed by atoms with Gasteiger partial charge in [0.05, 0.1) is 6.21 Å². The fourth-order valence-electron chi connectivity index (χ4n) is 1.99. The van der Waals surface area contributed by atoms with Gasteiger partial charge in [0.15, 0.2) is 18.2 Å². The van der Waals surface area contributed by atoms with E-state index in [1.165, 1.54) is 17.7 Å². The van der Waals surface area contributed by atoms with Crippen LogP contribution in [0.4, 0.5) is 4.39 Å². The van der Waals surface area contributed by atoms with Gasteiger partial charge in [0.1, 0.15) is 0 Å². The molecule has 126 valence electrons. The van der Waals surface area contributed by atoms with E-state index in [1.807, 2.05) is 24.3 Å². The first-order valence-corrected chi connectivity index (χ1v) is 7.66. The number of carbonyl (C=O) groups excluding carboxylic acids is 1. The van der Waals surface area contributed by atoms with Gasteiger partial charge in [0.2, 0.25) is 0 Å². The van der Waals surface area contributed by atoms with Crippen molar-refractivity contribution in [2.45, 2.75) is 26.2 Å². The predicted octanol–water partition coefficient (Wildman–Crippen LogP) is 3.65. The van der Waals surface area contributed by atoms with Crippen molar-refractivity contribution in [3.05, 3.63) is 65.5 Å². The van der Waals surface area contributed by atoms with Crippen LogP contribution < -0.4 is 10.2 Å². The second-order valence-electron chi connectivity index (χ2n) is 6.38. The summed E-state index contributed by atoms with van der Waals surface area (Å²) in [7, 11) is 0. The number of carbonyl (C=O) groups is 1. The van der Waals surface area contributed by atoms with Crippen molar-refractivity contribution >= 4 is 12.1 Å². The van der Waals surface area contributed by atoms with E-state index in [4.69, 9.17) is 4.74 Å². The van der Waals surface area contributed by atoms with Gasteiger partial charge in [-0.1, -0.05) is 57.2 Å². The number of hydrazone groups is 1. The van der Waals surface area contributed by atoms with Gasteiger partial charge in [-0.25, -0.2) is 9.82 Å². The second-order valence-corrected chi connectivity index (χ2v) is 6.38. The summed E-state index contributed by atoms with van der Waals surface area (Å²) in [5, 5.41) is 3.87. The maximum absolute atomic E-state index is 13.3. The largest absolute Gasteiger partial charge is 0.481 e. The highest BCUT2D eigenvalue weighted by atomic mass is 19.1. The maximum atomic E-state index is 13.3. The number of nitrogens with zero attached hydrogens (tertiary/aromatic N) is 1. The number of ether oxygens (including phenoxy) is 1. The fraction of sp³-hybridized carbons (Fsp3) is 0.263. The molecule has 0 spiro atoms. The molecule has 0 aliphatic carbocycles. The van der Waals surface area contributed by atoms with E-state index in [1.54, 1.807) is 18.3 Å². The molecule has 2 aromatic rings. The quantitative estimate of drug-likeness (QED) is 0.673. The Kier molecular flexibility index (Phi) is 5.68. The Morgan fingerprint density at radius 1 is 1.17 bits per heavy atom. The van der Waals surface area contributed by atoms with Crippen LogP contribution in [0.15, 0.2) is 53.6 Å². The molecule has 2 aromatic carbocycles. The van der Waals surface area contributed by atoms with Crippen molar-refractivity contribution in [1.82, 2.24) is 5.43 Å². The van der Waals surface area contributed by atoms with E-state index in [9.17, 15) is 9.18 Å². The lowest BCUT2D eigenvalue weighted by molar-refractivity contribution is -0.123. The van der Waals surface area contributed by atoms with Crippen LogP contribution in [0.1, 0.15) is 31.9 Å². The normalized spacial score (nSPS) is 11.5. The first kappa shape index (κ1) is 17.7. The minimum absolute atomic E-state index is 0.0365. The summed E-state index contributed by atoms with van der Waals surface area (Å²) in [4.78, 5) is 11.6. The summed E-state index contributed by atoms with van der Waals surface area (Å²) < 4.78 is 18.4. The van der Waals surface area contributed by atoms with Gasteiger partial charge >= 0.3 is 0 Å². The summed E-state index contributed by atoms with van der Waals surface area (Å²) in [5.74, 6) is -0.928. The van der Waals surface area contributed by atoms with Crippen LogP contribution in [-0.4, -0.2) is 18.7 Å². The molecule has 0 radical (unpaired) electrons. The lowest BCUT2D eigenvalue weighted by Crippen LogP contribution is -2.24. The van der Waals surface area contributed by atoms with Crippen molar-refractivity contribution in [2.24, 2.45) is 5.10 Å². The second kappa shape index (κ2) is 7.73. The average molecular weight is 328 g/mol. The summed E-state index contributed by atoms with van der Waals surface area (Å²) in [5.41, 5.74) is 4.54. The van der Waals surface area contributed by atoms with Crippen LogP contribution in [-0.2, 0) is 10.2 Å². The molecule has 0 saturated carbocycles. The monoisotopic (exact) mass is 328 g/mol. The Morgan fingerprint density at radius 2 is 1.83 bits per heavy atom. The highest BCUT2D eigenvalue weighted by Crippen LogP contribution is 2.21. The predicted molar refractivity (Wildman–Crippen MR) is 92.8 cm³/mol. The Labute approximate surface area is 141 Å². The topological polar surface area (TPSA) is 50.7 Å². The summed E-state index contributed by atoms with van der Waals surface area (Å²) in [6.45, 7) is 6.13.